The van der Waals surface area contributed by atoms with Crippen molar-refractivity contribution in [3.05, 3.63) is 0 Å². The number of hydroxylamine groups is 3. The molecule has 0 aromatic rings. The van der Waals surface area contributed by atoms with Gasteiger partial charge >= 0.3 is 16.4 Å². The lowest BCUT2D eigenvalue weighted by Crippen LogP contribution is -2.50. The first kappa shape index (κ1) is 18.8. The van der Waals surface area contributed by atoms with E-state index in [2.05, 4.69) is 20.2 Å². The molecule has 3 rings (SSSR count). The molecule has 146 valence electrons. The third-order valence-corrected chi connectivity index (χ3v) is 4.67. The Labute approximate surface area is 149 Å². The molecule has 0 aromatic carbocycles. The van der Waals surface area contributed by atoms with Crippen LogP contribution in [0.25, 0.3) is 0 Å². The van der Waals surface area contributed by atoms with E-state index in [4.69, 9.17) is 14.2 Å². The molecular formula is C12H19N5O8S. The van der Waals surface area contributed by atoms with Gasteiger partial charge in [0.05, 0.1) is 6.04 Å². The second kappa shape index (κ2) is 7.32. The van der Waals surface area contributed by atoms with Gasteiger partial charge in [0.2, 0.25) is 0 Å². The number of rotatable bonds is 6. The standard InChI is InChI=1S/C12H19N5O8S/c1-23-14-8-4-13-5-10(8)24-15-11(18)9-3-2-7-6-16(9)12(19)17(7)25-26(20,21)22/h7,9-10,13H,2-6H2,1H3,(H,15,18)(H,20,21,22)/b14-8+/t7-,9+,10?/m1/s1. The number of hydrogen-bond acceptors (Lipinski definition) is 9. The third-order valence-electron chi connectivity index (χ3n) is 4.32. The molecule has 0 aliphatic carbocycles. The topological polar surface area (TPSA) is 159 Å². The van der Waals surface area contributed by atoms with Crippen molar-refractivity contribution < 1.29 is 36.5 Å². The molecule has 1 unspecified atom stereocenters. The molecule has 2 bridgehead atoms. The molecule has 14 heteroatoms. The molecule has 0 radical (unpaired) electrons. The summed E-state index contributed by atoms with van der Waals surface area (Å²) >= 11 is 0. The van der Waals surface area contributed by atoms with Crippen LogP contribution < -0.4 is 10.8 Å². The number of piperidine rings is 1. The van der Waals surface area contributed by atoms with E-state index in [0.717, 1.165) is 0 Å². The van der Waals surface area contributed by atoms with Crippen LogP contribution >= 0.6 is 0 Å². The minimum atomic E-state index is -4.83. The first-order chi connectivity index (χ1) is 12.3. The van der Waals surface area contributed by atoms with E-state index < -0.39 is 40.5 Å². The third kappa shape index (κ3) is 3.88. The van der Waals surface area contributed by atoms with Crippen molar-refractivity contribution >= 4 is 28.0 Å². The number of hydrogen-bond donors (Lipinski definition) is 3. The van der Waals surface area contributed by atoms with Crippen LogP contribution in [0.1, 0.15) is 12.8 Å². The van der Waals surface area contributed by atoms with Crippen LogP contribution in [-0.4, -0.2) is 85.5 Å². The quantitative estimate of drug-likeness (QED) is 0.343. The monoisotopic (exact) mass is 393 g/mol. The van der Waals surface area contributed by atoms with Gasteiger partial charge in [-0.3, -0.25) is 14.2 Å². The number of urea groups is 1. The van der Waals surface area contributed by atoms with Gasteiger partial charge in [-0.05, 0) is 12.8 Å². The van der Waals surface area contributed by atoms with Gasteiger partial charge in [0.25, 0.3) is 5.91 Å². The van der Waals surface area contributed by atoms with E-state index in [1.165, 1.54) is 12.0 Å². The average Bonchev–Trinajstić information content (AvgIpc) is 3.11. The van der Waals surface area contributed by atoms with E-state index in [9.17, 15) is 18.0 Å². The molecule has 3 fully saturated rings. The fraction of sp³-hybridized carbons (Fsp3) is 0.750. The van der Waals surface area contributed by atoms with E-state index in [-0.39, 0.29) is 6.54 Å². The zero-order chi connectivity index (χ0) is 18.9. The van der Waals surface area contributed by atoms with E-state index in [1.54, 1.807) is 0 Å². The second-order valence-electron chi connectivity index (χ2n) is 5.98. The Bertz CT molecular complexity index is 712. The molecular weight excluding hydrogens is 374 g/mol. The zero-order valence-corrected chi connectivity index (χ0v) is 14.6. The van der Waals surface area contributed by atoms with Crippen molar-refractivity contribution in [3.8, 4) is 0 Å². The Balaban J connectivity index is 1.59. The van der Waals surface area contributed by atoms with Gasteiger partial charge in [0, 0.05) is 19.6 Å². The van der Waals surface area contributed by atoms with Crippen molar-refractivity contribution in [2.45, 2.75) is 31.0 Å². The van der Waals surface area contributed by atoms with E-state index in [1.807, 2.05) is 0 Å². The fourth-order valence-electron chi connectivity index (χ4n) is 3.18. The Morgan fingerprint density at radius 2 is 2.19 bits per heavy atom. The Kier molecular flexibility index (Phi) is 5.29. The Hall–Kier alpha value is -2.00. The van der Waals surface area contributed by atoms with Gasteiger partial charge in [-0.1, -0.05) is 5.16 Å². The lowest BCUT2D eigenvalue weighted by atomic mass is 10.0. The van der Waals surface area contributed by atoms with Crippen LogP contribution in [0.4, 0.5) is 4.79 Å². The molecule has 26 heavy (non-hydrogen) atoms. The summed E-state index contributed by atoms with van der Waals surface area (Å²) in [6.45, 7) is 1.01. The molecule has 3 amide bonds. The van der Waals surface area contributed by atoms with Crippen LogP contribution in [0.3, 0.4) is 0 Å². The van der Waals surface area contributed by atoms with Gasteiger partial charge in [0.1, 0.15) is 25.0 Å². The molecule has 3 saturated heterocycles. The maximum Gasteiger partial charge on any atom is 0.418 e. The normalized spacial score (nSPS) is 30.2. The number of nitrogens with one attached hydrogen (secondary N) is 2. The molecule has 3 aliphatic heterocycles. The lowest BCUT2D eigenvalue weighted by Gasteiger charge is -2.29. The lowest BCUT2D eigenvalue weighted by molar-refractivity contribution is -0.140. The van der Waals surface area contributed by atoms with Crippen LogP contribution in [-0.2, 0) is 29.2 Å². The van der Waals surface area contributed by atoms with Crippen molar-refractivity contribution in [1.82, 2.24) is 20.8 Å². The maximum absolute atomic E-state index is 12.4. The van der Waals surface area contributed by atoms with Crippen LogP contribution in [0.5, 0.6) is 0 Å². The zero-order valence-electron chi connectivity index (χ0n) is 13.8. The van der Waals surface area contributed by atoms with Gasteiger partial charge in [-0.2, -0.15) is 13.5 Å². The predicted molar refractivity (Wildman–Crippen MR) is 83.7 cm³/mol. The molecule has 3 heterocycles. The molecule has 3 atom stereocenters. The molecule has 0 saturated carbocycles. The first-order valence-corrected chi connectivity index (χ1v) is 9.19. The average molecular weight is 393 g/mol. The summed E-state index contributed by atoms with van der Waals surface area (Å²) in [4.78, 5) is 35.9. The van der Waals surface area contributed by atoms with Gasteiger partial charge < -0.3 is 15.1 Å². The number of carbonyl (C=O) groups is 2. The van der Waals surface area contributed by atoms with Gasteiger partial charge in [0.15, 0.2) is 0 Å². The summed E-state index contributed by atoms with van der Waals surface area (Å²) in [6, 6.07) is -2.21. The molecule has 0 spiro atoms. The van der Waals surface area contributed by atoms with Gasteiger partial charge in [-0.25, -0.2) is 10.3 Å². The molecule has 3 aliphatic rings. The van der Waals surface area contributed by atoms with E-state index in [0.29, 0.717) is 36.7 Å². The second-order valence-corrected chi connectivity index (χ2v) is 6.98. The number of amides is 3. The fourth-order valence-corrected chi connectivity index (χ4v) is 3.57. The molecule has 0 aromatic heterocycles. The number of nitrogens with zero attached hydrogens (tertiary/aromatic N) is 3. The highest BCUT2D eigenvalue weighted by Crippen LogP contribution is 2.30. The molecule has 3 N–H and O–H groups in total. The Morgan fingerprint density at radius 3 is 2.88 bits per heavy atom. The summed E-state index contributed by atoms with van der Waals surface area (Å²) in [6.07, 6.45) is 0.125. The minimum absolute atomic E-state index is 0.105. The van der Waals surface area contributed by atoms with E-state index >= 15 is 0 Å². The van der Waals surface area contributed by atoms with Crippen molar-refractivity contribution in [2.24, 2.45) is 5.16 Å². The summed E-state index contributed by atoms with van der Waals surface area (Å²) < 4.78 is 34.8. The number of oxime groups is 1. The number of fused-ring (bicyclic) bond motifs is 2. The predicted octanol–water partition coefficient (Wildman–Crippen LogP) is -1.99. The first-order valence-electron chi connectivity index (χ1n) is 7.83. The summed E-state index contributed by atoms with van der Waals surface area (Å²) in [5.74, 6) is -0.547. The smallest absolute Gasteiger partial charge is 0.399 e. The van der Waals surface area contributed by atoms with Crippen molar-refractivity contribution in [2.75, 3.05) is 26.7 Å². The van der Waals surface area contributed by atoms with Crippen LogP contribution in [0.2, 0.25) is 0 Å². The SMILES string of the molecule is CO/N=C1\CNCC1ONC(=O)[C@@H]1CC[C@@H]2CN1C(=O)N2OS(=O)(=O)O. The largest absolute Gasteiger partial charge is 0.418 e. The van der Waals surface area contributed by atoms with Crippen molar-refractivity contribution in [1.29, 1.82) is 0 Å². The van der Waals surface area contributed by atoms with Gasteiger partial charge in [-0.15, -0.1) is 4.28 Å². The summed E-state index contributed by atoms with van der Waals surface area (Å²) in [5.41, 5.74) is 2.90. The van der Waals surface area contributed by atoms with Crippen LogP contribution in [0, 0.1) is 0 Å². The molecule has 13 nitrogen and oxygen atoms in total. The Morgan fingerprint density at radius 1 is 1.42 bits per heavy atom. The summed E-state index contributed by atoms with van der Waals surface area (Å²) in [5, 5.41) is 7.39. The van der Waals surface area contributed by atoms with Crippen LogP contribution in [0.15, 0.2) is 5.16 Å². The highest BCUT2D eigenvalue weighted by Gasteiger charge is 2.49. The minimum Gasteiger partial charge on any atom is -0.399 e. The highest BCUT2D eigenvalue weighted by atomic mass is 32.3. The van der Waals surface area contributed by atoms with Crippen molar-refractivity contribution in [3.63, 3.8) is 0 Å². The maximum atomic E-state index is 12.4. The number of carbonyl (C=O) groups excluding carboxylic acids is 2. The summed E-state index contributed by atoms with van der Waals surface area (Å²) in [7, 11) is -3.43. The highest BCUT2D eigenvalue weighted by molar-refractivity contribution is 7.80.